The number of benzene rings is 12. The van der Waals surface area contributed by atoms with Crippen LogP contribution in [0.25, 0.3) is 251 Å². The van der Waals surface area contributed by atoms with Gasteiger partial charge in [0.05, 0.1) is 16.6 Å². The largest absolute Gasteiger partial charge is 2.00 e. The van der Waals surface area contributed by atoms with E-state index < -0.39 is 0 Å². The van der Waals surface area contributed by atoms with E-state index in [1.54, 1.807) is 68.0 Å². The van der Waals surface area contributed by atoms with Crippen molar-refractivity contribution in [1.29, 1.82) is 0 Å². The molecule has 0 saturated heterocycles. The van der Waals surface area contributed by atoms with Gasteiger partial charge in [-0.25, -0.2) is 0 Å². The molecule has 135 heavy (non-hydrogen) atoms. The zero-order chi connectivity index (χ0) is 87.1. The molecule has 0 aliphatic carbocycles. The molecule has 0 N–H and O–H groups in total. The summed E-state index contributed by atoms with van der Waals surface area (Å²) in [5, 5.41) is 32.5. The van der Waals surface area contributed by atoms with Crippen molar-refractivity contribution in [2.24, 2.45) is 0 Å². The van der Waals surface area contributed by atoms with E-state index >= 15 is 0 Å². The van der Waals surface area contributed by atoms with Gasteiger partial charge < -0.3 is 41.9 Å². The zero-order valence-corrected chi connectivity index (χ0v) is 82.2. The SMILES string of the molecule is [Pt+2].[Pt+2].[Pt+2].[c-]1c(-c2ccc(-c3ccsc3)cn2)cccc1-n1c2[c-]c(-c3nc4ccccc4o3)ccc2c2cc(-c3ccsc3)ccc21.[c-]1c(-c2ccccn2)ccc(-c2ccsc2)c1-n1c2[c-]c(-c3nc4ccccc4o3)ccc2c2cc(-c3ccsc3)ccc21.[c-]1c(-c2ccccn2)cccc1-n1c2[c-]c(-c3nc4ccccc4o3)c(-c3ccsc3)cc2c2cc(-c3ccsc3)ccc21. The molecule has 0 radical (unpaired) electrons. The van der Waals surface area contributed by atoms with Crippen LogP contribution in [0.5, 0.6) is 0 Å². The molecule has 15 aromatic heterocycles. The van der Waals surface area contributed by atoms with Gasteiger partial charge in [-0.15, -0.1) is 132 Å². The fraction of sp³-hybridized carbons (Fsp3) is 0. The van der Waals surface area contributed by atoms with Crippen LogP contribution in [0.2, 0.25) is 0 Å². The first-order valence-corrected chi connectivity index (χ1v) is 48.2. The summed E-state index contributed by atoms with van der Waals surface area (Å²) in [7, 11) is 0. The molecule has 0 fully saturated rings. The molecule has 0 saturated carbocycles. The summed E-state index contributed by atoms with van der Waals surface area (Å²) >= 11 is 10.2. The van der Waals surface area contributed by atoms with Crippen LogP contribution in [0.1, 0.15) is 0 Å². The van der Waals surface area contributed by atoms with Gasteiger partial charge in [-0.2, -0.15) is 68.0 Å². The van der Waals surface area contributed by atoms with Crippen LogP contribution in [0.15, 0.2) is 388 Å². The third kappa shape index (κ3) is 16.3. The Morgan fingerprint density at radius 2 is 0.644 bits per heavy atom. The minimum Gasteiger partial charge on any atom is -0.481 e. The Morgan fingerprint density at radius 3 is 1.10 bits per heavy atom. The predicted octanol–water partition coefficient (Wildman–Crippen LogP) is 32.1. The summed E-state index contributed by atoms with van der Waals surface area (Å²) in [6, 6.07) is 122. The molecular formula is C114H63N9O3Pt3S6. The molecule has 0 bridgehead atoms. The number of oxazole rings is 3. The minimum atomic E-state index is 0. The van der Waals surface area contributed by atoms with E-state index in [2.05, 4.69) is 301 Å². The molecule has 0 unspecified atom stereocenters. The van der Waals surface area contributed by atoms with Gasteiger partial charge >= 0.3 is 63.2 Å². The fourth-order valence-corrected chi connectivity index (χ4v) is 21.5. The molecule has 0 aliphatic rings. The Balaban J connectivity index is 0.000000116. The molecule has 27 rings (SSSR count). The molecule has 12 aromatic carbocycles. The van der Waals surface area contributed by atoms with E-state index in [9.17, 15) is 0 Å². The first-order valence-electron chi connectivity index (χ1n) is 42.6. The van der Waals surface area contributed by atoms with E-state index in [0.717, 1.165) is 194 Å². The molecule has 15 heterocycles. The van der Waals surface area contributed by atoms with Gasteiger partial charge in [0.2, 0.25) is 0 Å². The van der Waals surface area contributed by atoms with Gasteiger partial charge in [0, 0.05) is 35.1 Å². The second-order valence-electron chi connectivity index (χ2n) is 31.7. The molecule has 648 valence electrons. The Morgan fingerprint density at radius 1 is 0.252 bits per heavy atom. The smallest absolute Gasteiger partial charge is 0.481 e. The van der Waals surface area contributed by atoms with Crippen molar-refractivity contribution < 1.29 is 76.4 Å². The predicted molar refractivity (Wildman–Crippen MR) is 544 cm³/mol. The molecule has 21 heteroatoms. The number of fused-ring (bicyclic) bond motifs is 12. The third-order valence-corrected chi connectivity index (χ3v) is 28.0. The third-order valence-electron chi connectivity index (χ3n) is 23.9. The summed E-state index contributed by atoms with van der Waals surface area (Å²) in [6.45, 7) is 0. The number of pyridine rings is 3. The van der Waals surface area contributed by atoms with Gasteiger partial charge in [-0.3, -0.25) is 15.0 Å². The summed E-state index contributed by atoms with van der Waals surface area (Å²) in [5.41, 5.74) is 35.3. The monoisotopic (exact) mass is 2380 g/mol. The molecule has 12 nitrogen and oxygen atoms in total. The maximum atomic E-state index is 6.34. The van der Waals surface area contributed by atoms with Crippen molar-refractivity contribution in [2.75, 3.05) is 0 Å². The number of thiophene rings is 6. The van der Waals surface area contributed by atoms with Crippen LogP contribution in [0.4, 0.5) is 0 Å². The van der Waals surface area contributed by atoms with E-state index in [4.69, 9.17) is 33.2 Å². The molecule has 0 aliphatic heterocycles. The standard InChI is InChI=1S/3C38H21N3OS2.3Pt/c1-2-10-37-34(9-1)40-38(42-37)32-21-36-31(20-29(32)27-14-17-44-23-27)30-19-24(26-13-16-43-22-26)11-12-35(30)41(36)28-7-5-6-25(18-28)33-8-3-4-15-39-33;1-2-7-37-34(6-1)40-38(42-37)26-8-11-31-32-19-24(28-14-16-43-22-28)10-13-35(32)41(36(31)20-26)30-5-3-4-25(18-30)33-12-9-27(21-39-33)29-15-17-44-23-29;1-2-7-37-33(6-1)40-38(42-37)26-9-12-30-31-19-24(27-14-17-43-22-27)10-13-34(31)41(36(30)21-26)35-20-25(32-5-3-4-16-39-32)8-11-29(35)28-15-18-44-23-28;;;/h1-17,19-20,22-23H;1-17,19,21-23H;1-19,22-23H;;;/q3*-2;3*+2. The number of nitrogens with zero attached hydrogens (tertiary/aromatic N) is 9. The topological polar surface area (TPSA) is 132 Å². The molecule has 0 spiro atoms. The van der Waals surface area contributed by atoms with E-state index in [1.807, 2.05) is 134 Å². The average Bonchev–Trinajstić information content (AvgIpc) is 1.61. The van der Waals surface area contributed by atoms with Crippen molar-refractivity contribution in [1.82, 2.24) is 43.6 Å². The maximum absolute atomic E-state index is 6.34. The quantitative estimate of drug-likeness (QED) is 0.0921. The summed E-state index contributed by atoms with van der Waals surface area (Å²) in [5.74, 6) is 1.65. The van der Waals surface area contributed by atoms with Gasteiger partial charge in [-0.1, -0.05) is 165 Å². The van der Waals surface area contributed by atoms with Crippen LogP contribution >= 0.6 is 68.0 Å². The maximum Gasteiger partial charge on any atom is 2.00 e. The second-order valence-corrected chi connectivity index (χ2v) is 36.4. The van der Waals surface area contributed by atoms with Gasteiger partial charge in [-0.05, 0) is 278 Å². The van der Waals surface area contributed by atoms with Crippen molar-refractivity contribution >= 4 is 167 Å². The Kier molecular flexibility index (Phi) is 23.9. The summed E-state index contributed by atoms with van der Waals surface area (Å²) in [6.07, 6.45) is 5.57. The van der Waals surface area contributed by atoms with Crippen LogP contribution in [0, 0.1) is 36.4 Å². The second kappa shape index (κ2) is 37.2. The zero-order valence-electron chi connectivity index (χ0n) is 70.5. The number of rotatable bonds is 15. The number of hydrogen-bond acceptors (Lipinski definition) is 15. The normalized spacial score (nSPS) is 11.4. The summed E-state index contributed by atoms with van der Waals surface area (Å²) < 4.78 is 25.4. The fourth-order valence-electron chi connectivity index (χ4n) is 17.6. The van der Waals surface area contributed by atoms with Crippen LogP contribution in [0.3, 0.4) is 0 Å². The van der Waals surface area contributed by atoms with Gasteiger partial charge in [0.15, 0.2) is 0 Å². The molecule has 27 aromatic rings. The van der Waals surface area contributed by atoms with Crippen LogP contribution < -0.4 is 0 Å². The average molecular weight is 2380 g/mol. The van der Waals surface area contributed by atoms with Crippen LogP contribution in [-0.2, 0) is 63.2 Å². The van der Waals surface area contributed by atoms with Crippen molar-refractivity contribution in [3.63, 3.8) is 0 Å². The van der Waals surface area contributed by atoms with E-state index in [0.29, 0.717) is 17.7 Å². The number of aromatic nitrogens is 9. The first-order chi connectivity index (χ1) is 65.4. The molecule has 0 atom stereocenters. The molecular weight excluding hydrogens is 2320 g/mol. The Labute approximate surface area is 841 Å². The Hall–Kier alpha value is -13.8. The summed E-state index contributed by atoms with van der Waals surface area (Å²) in [4.78, 5) is 28.5. The van der Waals surface area contributed by atoms with Gasteiger partial charge in [0.1, 0.15) is 34.4 Å². The minimum absolute atomic E-state index is 0. The first kappa shape index (κ1) is 86.6. The Bertz CT molecular complexity index is 8880. The van der Waals surface area contributed by atoms with Crippen LogP contribution in [-0.4, -0.2) is 43.6 Å². The number of para-hydroxylation sites is 6. The number of hydrogen-bond donors (Lipinski definition) is 0. The van der Waals surface area contributed by atoms with Crippen molar-refractivity contribution in [3.8, 4) is 152 Å². The van der Waals surface area contributed by atoms with Crippen molar-refractivity contribution in [3.05, 3.63) is 411 Å². The van der Waals surface area contributed by atoms with Gasteiger partial charge in [0.25, 0.3) is 0 Å². The molecule has 0 amide bonds. The van der Waals surface area contributed by atoms with Crippen molar-refractivity contribution in [2.45, 2.75) is 0 Å². The van der Waals surface area contributed by atoms with E-state index in [-0.39, 0.29) is 63.2 Å². The van der Waals surface area contributed by atoms with E-state index in [1.165, 1.54) is 38.9 Å².